The number of likely N-dealkylation sites (tertiary alicyclic amines) is 1. The molecule has 2 unspecified atom stereocenters. The van der Waals surface area contributed by atoms with E-state index in [-0.39, 0.29) is 0 Å². The zero-order valence-corrected chi connectivity index (χ0v) is 13.5. The first kappa shape index (κ1) is 14.9. The maximum Gasteiger partial charge on any atom is 0.107 e. The smallest absolute Gasteiger partial charge is 0.107 e. The van der Waals surface area contributed by atoms with Gasteiger partial charge in [0.1, 0.15) is 5.01 Å². The Morgan fingerprint density at radius 2 is 2.05 bits per heavy atom. The average molecular weight is 281 g/mol. The normalized spacial score (nSPS) is 25.1. The van der Waals surface area contributed by atoms with Crippen LogP contribution in [0.1, 0.15) is 44.8 Å². The molecule has 1 saturated heterocycles. The average Bonchev–Trinajstić information content (AvgIpc) is 2.72. The lowest BCUT2D eigenvalue weighted by molar-refractivity contribution is 0.133. The summed E-state index contributed by atoms with van der Waals surface area (Å²) in [6.45, 7) is 13.4. The van der Waals surface area contributed by atoms with Gasteiger partial charge in [-0.25, -0.2) is 4.98 Å². The van der Waals surface area contributed by atoms with E-state index in [2.05, 4.69) is 43.3 Å². The van der Waals surface area contributed by atoms with Crippen LogP contribution in [-0.4, -0.2) is 29.0 Å². The summed E-state index contributed by atoms with van der Waals surface area (Å²) in [5.41, 5.74) is 1.24. The standard InChI is InChI=1S/C15H27N3S/c1-11(2)16-6-15-17-14(10-19-15)9-18-7-12(3)5-13(4)8-18/h10-13,16H,5-9H2,1-4H3. The number of thiazole rings is 1. The first-order valence-corrected chi connectivity index (χ1v) is 8.30. The molecule has 0 spiro atoms. The quantitative estimate of drug-likeness (QED) is 0.899. The van der Waals surface area contributed by atoms with Gasteiger partial charge in [-0.3, -0.25) is 4.90 Å². The Morgan fingerprint density at radius 3 is 2.68 bits per heavy atom. The van der Waals surface area contributed by atoms with Crippen LogP contribution in [0.2, 0.25) is 0 Å². The van der Waals surface area contributed by atoms with Crippen LogP contribution in [-0.2, 0) is 13.1 Å². The lowest BCUT2D eigenvalue weighted by Gasteiger charge is -2.34. The van der Waals surface area contributed by atoms with Crippen molar-refractivity contribution in [2.24, 2.45) is 11.8 Å². The molecule has 108 valence electrons. The highest BCUT2D eigenvalue weighted by Gasteiger charge is 2.22. The lowest BCUT2D eigenvalue weighted by atomic mass is 9.92. The summed E-state index contributed by atoms with van der Waals surface area (Å²) in [6.07, 6.45) is 1.37. The molecule has 1 aromatic rings. The SMILES string of the molecule is CC1CC(C)CN(Cc2csc(CNC(C)C)n2)C1. The zero-order chi connectivity index (χ0) is 13.8. The highest BCUT2D eigenvalue weighted by molar-refractivity contribution is 7.09. The van der Waals surface area contributed by atoms with Crippen molar-refractivity contribution in [2.75, 3.05) is 13.1 Å². The summed E-state index contributed by atoms with van der Waals surface area (Å²) in [4.78, 5) is 7.30. The first-order valence-electron chi connectivity index (χ1n) is 7.42. The zero-order valence-electron chi connectivity index (χ0n) is 12.6. The topological polar surface area (TPSA) is 28.2 Å². The van der Waals surface area contributed by atoms with Crippen LogP contribution >= 0.6 is 11.3 Å². The Balaban J connectivity index is 1.85. The third-order valence-electron chi connectivity index (χ3n) is 3.59. The van der Waals surface area contributed by atoms with E-state index in [9.17, 15) is 0 Å². The van der Waals surface area contributed by atoms with Crippen LogP contribution < -0.4 is 5.32 Å². The molecule has 2 heterocycles. The van der Waals surface area contributed by atoms with Crippen LogP contribution in [0.5, 0.6) is 0 Å². The van der Waals surface area contributed by atoms with Gasteiger partial charge >= 0.3 is 0 Å². The molecule has 1 fully saturated rings. The van der Waals surface area contributed by atoms with Gasteiger partial charge in [-0.2, -0.15) is 0 Å². The Labute approximate surface area is 121 Å². The molecule has 1 aliphatic rings. The Morgan fingerprint density at radius 1 is 1.37 bits per heavy atom. The molecule has 2 rings (SSSR count). The van der Waals surface area contributed by atoms with Crippen LogP contribution in [0.4, 0.5) is 0 Å². The van der Waals surface area contributed by atoms with Gasteiger partial charge in [0.15, 0.2) is 0 Å². The summed E-state index contributed by atoms with van der Waals surface area (Å²) in [7, 11) is 0. The second kappa shape index (κ2) is 6.82. The van der Waals surface area contributed by atoms with Crippen molar-refractivity contribution in [2.45, 2.75) is 53.2 Å². The Hall–Kier alpha value is -0.450. The van der Waals surface area contributed by atoms with Crippen LogP contribution in [0.3, 0.4) is 0 Å². The summed E-state index contributed by atoms with van der Waals surface area (Å²) in [5, 5.41) is 6.86. The number of hydrogen-bond acceptors (Lipinski definition) is 4. The molecule has 19 heavy (non-hydrogen) atoms. The number of nitrogens with one attached hydrogen (secondary N) is 1. The molecule has 1 N–H and O–H groups in total. The van der Waals surface area contributed by atoms with E-state index in [1.54, 1.807) is 11.3 Å². The van der Waals surface area contributed by atoms with Crippen molar-refractivity contribution in [1.29, 1.82) is 0 Å². The van der Waals surface area contributed by atoms with Gasteiger partial charge in [-0.15, -0.1) is 11.3 Å². The maximum absolute atomic E-state index is 4.74. The van der Waals surface area contributed by atoms with Crippen molar-refractivity contribution in [1.82, 2.24) is 15.2 Å². The molecule has 0 amide bonds. The number of nitrogens with zero attached hydrogens (tertiary/aromatic N) is 2. The molecule has 0 bridgehead atoms. The van der Waals surface area contributed by atoms with E-state index in [1.807, 2.05) is 0 Å². The second-order valence-electron chi connectivity index (χ2n) is 6.41. The highest BCUT2D eigenvalue weighted by atomic mass is 32.1. The van der Waals surface area contributed by atoms with Crippen molar-refractivity contribution < 1.29 is 0 Å². The molecule has 1 aliphatic heterocycles. The van der Waals surface area contributed by atoms with Gasteiger partial charge < -0.3 is 5.32 Å². The minimum absolute atomic E-state index is 0.524. The molecular formula is C15H27N3S. The van der Waals surface area contributed by atoms with Crippen molar-refractivity contribution in [3.63, 3.8) is 0 Å². The van der Waals surface area contributed by atoms with Gasteiger partial charge in [0.25, 0.3) is 0 Å². The van der Waals surface area contributed by atoms with Gasteiger partial charge in [-0.1, -0.05) is 27.7 Å². The van der Waals surface area contributed by atoms with E-state index in [4.69, 9.17) is 4.98 Å². The predicted octanol–water partition coefficient (Wildman–Crippen LogP) is 3.12. The Kier molecular flexibility index (Phi) is 5.37. The second-order valence-corrected chi connectivity index (χ2v) is 7.35. The number of hydrogen-bond donors (Lipinski definition) is 1. The first-order chi connectivity index (χ1) is 9.02. The van der Waals surface area contributed by atoms with Gasteiger partial charge in [-0.05, 0) is 18.3 Å². The van der Waals surface area contributed by atoms with Gasteiger partial charge in [0, 0.05) is 37.6 Å². The minimum atomic E-state index is 0.524. The summed E-state index contributed by atoms with van der Waals surface area (Å²) in [6, 6.07) is 0.524. The minimum Gasteiger partial charge on any atom is -0.308 e. The molecule has 2 atom stereocenters. The largest absolute Gasteiger partial charge is 0.308 e. The van der Waals surface area contributed by atoms with Crippen molar-refractivity contribution in [3.8, 4) is 0 Å². The van der Waals surface area contributed by atoms with E-state index < -0.39 is 0 Å². The van der Waals surface area contributed by atoms with E-state index in [1.165, 1.54) is 30.2 Å². The van der Waals surface area contributed by atoms with E-state index in [0.717, 1.165) is 24.9 Å². The maximum atomic E-state index is 4.74. The summed E-state index contributed by atoms with van der Waals surface area (Å²) >= 11 is 1.78. The number of rotatable bonds is 5. The third kappa shape index (κ3) is 4.86. The predicted molar refractivity (Wildman–Crippen MR) is 82.3 cm³/mol. The Bertz CT molecular complexity index is 378. The van der Waals surface area contributed by atoms with Gasteiger partial charge in [0.2, 0.25) is 0 Å². The highest BCUT2D eigenvalue weighted by Crippen LogP contribution is 2.22. The molecule has 4 heteroatoms. The molecule has 3 nitrogen and oxygen atoms in total. The summed E-state index contributed by atoms with van der Waals surface area (Å²) in [5.74, 6) is 1.65. The lowest BCUT2D eigenvalue weighted by Crippen LogP contribution is -2.38. The van der Waals surface area contributed by atoms with Crippen LogP contribution in [0.25, 0.3) is 0 Å². The fraction of sp³-hybridized carbons (Fsp3) is 0.800. The van der Waals surface area contributed by atoms with E-state index in [0.29, 0.717) is 6.04 Å². The fourth-order valence-corrected chi connectivity index (χ4v) is 3.68. The van der Waals surface area contributed by atoms with Crippen molar-refractivity contribution in [3.05, 3.63) is 16.1 Å². The van der Waals surface area contributed by atoms with Crippen LogP contribution in [0, 0.1) is 11.8 Å². The number of aromatic nitrogens is 1. The van der Waals surface area contributed by atoms with Crippen molar-refractivity contribution >= 4 is 11.3 Å². The fourth-order valence-electron chi connectivity index (χ4n) is 2.94. The monoisotopic (exact) mass is 281 g/mol. The molecule has 0 radical (unpaired) electrons. The summed E-state index contributed by atoms with van der Waals surface area (Å²) < 4.78 is 0. The molecular weight excluding hydrogens is 254 g/mol. The third-order valence-corrected chi connectivity index (χ3v) is 4.49. The van der Waals surface area contributed by atoms with Crippen LogP contribution in [0.15, 0.2) is 5.38 Å². The van der Waals surface area contributed by atoms with Gasteiger partial charge in [0.05, 0.1) is 5.69 Å². The molecule has 0 aromatic carbocycles. The molecule has 0 aliphatic carbocycles. The van der Waals surface area contributed by atoms with E-state index >= 15 is 0 Å². The molecule has 1 aromatic heterocycles. The molecule has 0 saturated carbocycles. The number of piperidine rings is 1.